The highest BCUT2D eigenvalue weighted by atomic mass is 127. The zero-order chi connectivity index (χ0) is 9.97. The normalized spacial score (nSPS) is 10.1. The zero-order valence-electron chi connectivity index (χ0n) is 7.40. The Balaban J connectivity index is 2.33. The molecule has 0 saturated heterocycles. The summed E-state index contributed by atoms with van der Waals surface area (Å²) in [6, 6.07) is 7.72. The Morgan fingerprint density at radius 3 is 2.50 bits per heavy atom. The molecule has 5 heteroatoms. The molecule has 1 aromatic carbocycles. The molecule has 3 nitrogen and oxygen atoms in total. The van der Waals surface area contributed by atoms with Gasteiger partial charge in [-0.2, -0.15) is 4.37 Å². The summed E-state index contributed by atoms with van der Waals surface area (Å²) in [5.41, 5.74) is 1.02. The van der Waals surface area contributed by atoms with Crippen LogP contribution in [-0.4, -0.2) is 16.5 Å². The van der Waals surface area contributed by atoms with Gasteiger partial charge in [-0.25, -0.2) is 4.98 Å². The Kier molecular flexibility index (Phi) is 2.97. The average Bonchev–Trinajstić information content (AvgIpc) is 2.65. The molecular weight excluding hydrogens is 311 g/mol. The summed E-state index contributed by atoms with van der Waals surface area (Å²) in [4.78, 5) is 4.29. The molecule has 0 atom stereocenters. The molecule has 0 spiro atoms. The highest BCUT2D eigenvalue weighted by Crippen LogP contribution is 2.21. The first-order valence-corrected chi connectivity index (χ1v) is 5.78. The fourth-order valence-corrected chi connectivity index (χ4v) is 2.02. The standard InChI is InChI=1S/C9H7IN2OS/c1-13-7-4-2-6(3-5-7)8-11-9(10)14-12-8/h2-5H,1H3. The van der Waals surface area contributed by atoms with Gasteiger partial charge >= 0.3 is 0 Å². The van der Waals surface area contributed by atoms with Crippen molar-refractivity contribution in [3.63, 3.8) is 0 Å². The molecule has 14 heavy (non-hydrogen) atoms. The van der Waals surface area contributed by atoms with Crippen LogP contribution in [0.15, 0.2) is 24.3 Å². The van der Waals surface area contributed by atoms with E-state index in [1.165, 1.54) is 11.5 Å². The van der Waals surface area contributed by atoms with Crippen LogP contribution in [0.2, 0.25) is 0 Å². The van der Waals surface area contributed by atoms with Crippen molar-refractivity contribution in [3.05, 3.63) is 27.3 Å². The summed E-state index contributed by atoms with van der Waals surface area (Å²) in [6.45, 7) is 0. The quantitative estimate of drug-likeness (QED) is 0.799. The Bertz CT molecular complexity index is 427. The second-order valence-electron chi connectivity index (χ2n) is 2.60. The molecule has 1 aromatic heterocycles. The van der Waals surface area contributed by atoms with Gasteiger partial charge in [0.05, 0.1) is 7.11 Å². The van der Waals surface area contributed by atoms with E-state index in [0.717, 1.165) is 20.2 Å². The highest BCUT2D eigenvalue weighted by molar-refractivity contribution is 14.1. The lowest BCUT2D eigenvalue weighted by atomic mass is 10.2. The maximum absolute atomic E-state index is 5.07. The molecule has 0 N–H and O–H groups in total. The fourth-order valence-electron chi connectivity index (χ4n) is 1.06. The van der Waals surface area contributed by atoms with Crippen molar-refractivity contribution >= 4 is 34.1 Å². The van der Waals surface area contributed by atoms with Gasteiger partial charge in [-0.3, -0.25) is 0 Å². The molecule has 0 aliphatic carbocycles. The molecule has 2 rings (SSSR count). The van der Waals surface area contributed by atoms with Crippen molar-refractivity contribution in [1.29, 1.82) is 0 Å². The Morgan fingerprint density at radius 2 is 2.00 bits per heavy atom. The SMILES string of the molecule is COc1ccc(-c2nsc(I)n2)cc1. The molecule has 2 aromatic rings. The lowest BCUT2D eigenvalue weighted by molar-refractivity contribution is 0.415. The topological polar surface area (TPSA) is 35.0 Å². The Labute approximate surface area is 99.4 Å². The van der Waals surface area contributed by atoms with E-state index in [1.54, 1.807) is 7.11 Å². The molecule has 0 radical (unpaired) electrons. The summed E-state index contributed by atoms with van der Waals surface area (Å²) in [5.74, 6) is 1.63. The lowest BCUT2D eigenvalue weighted by Gasteiger charge is -1.99. The Hall–Kier alpha value is -0.690. The zero-order valence-corrected chi connectivity index (χ0v) is 10.4. The summed E-state index contributed by atoms with van der Waals surface area (Å²) >= 11 is 3.57. The van der Waals surface area contributed by atoms with Gasteiger partial charge in [0, 0.05) is 5.56 Å². The van der Waals surface area contributed by atoms with E-state index in [9.17, 15) is 0 Å². The van der Waals surface area contributed by atoms with Crippen molar-refractivity contribution < 1.29 is 4.74 Å². The van der Waals surface area contributed by atoms with Crippen molar-refractivity contribution in [3.8, 4) is 17.1 Å². The van der Waals surface area contributed by atoms with E-state index in [4.69, 9.17) is 4.74 Å². The number of aromatic nitrogens is 2. The Morgan fingerprint density at radius 1 is 1.29 bits per heavy atom. The van der Waals surface area contributed by atoms with Gasteiger partial charge in [0.15, 0.2) is 8.84 Å². The van der Waals surface area contributed by atoms with Crippen LogP contribution in [0.4, 0.5) is 0 Å². The van der Waals surface area contributed by atoms with Gasteiger partial charge in [-0.15, -0.1) is 0 Å². The van der Waals surface area contributed by atoms with Crippen molar-refractivity contribution in [2.45, 2.75) is 0 Å². The third kappa shape index (κ3) is 2.03. The summed E-state index contributed by atoms with van der Waals surface area (Å²) in [7, 11) is 1.65. The van der Waals surface area contributed by atoms with Gasteiger partial charge < -0.3 is 4.74 Å². The largest absolute Gasteiger partial charge is 0.497 e. The third-order valence-electron chi connectivity index (χ3n) is 1.75. The summed E-state index contributed by atoms with van der Waals surface area (Å²) in [5, 5.41) is 0. The predicted octanol–water partition coefficient (Wildman–Crippen LogP) is 2.82. The van der Waals surface area contributed by atoms with Crippen molar-refractivity contribution in [2.75, 3.05) is 7.11 Å². The van der Waals surface area contributed by atoms with E-state index >= 15 is 0 Å². The molecule has 0 saturated carbocycles. The molecule has 0 amide bonds. The first-order chi connectivity index (χ1) is 6.79. The predicted molar refractivity (Wildman–Crippen MR) is 64.6 cm³/mol. The number of hydrogen-bond acceptors (Lipinski definition) is 4. The molecule has 0 unspecified atom stereocenters. The molecule has 0 fully saturated rings. The maximum atomic E-state index is 5.07. The van der Waals surface area contributed by atoms with E-state index in [-0.39, 0.29) is 0 Å². The first kappa shape index (κ1) is 9.85. The van der Waals surface area contributed by atoms with Crippen molar-refractivity contribution in [2.24, 2.45) is 0 Å². The van der Waals surface area contributed by atoms with Crippen LogP contribution in [0.1, 0.15) is 0 Å². The molecule has 0 bridgehead atoms. The van der Waals surface area contributed by atoms with Gasteiger partial charge in [0.25, 0.3) is 0 Å². The first-order valence-electron chi connectivity index (χ1n) is 3.93. The highest BCUT2D eigenvalue weighted by Gasteiger charge is 2.03. The van der Waals surface area contributed by atoms with E-state index < -0.39 is 0 Å². The fraction of sp³-hybridized carbons (Fsp3) is 0.111. The lowest BCUT2D eigenvalue weighted by Crippen LogP contribution is -1.83. The maximum Gasteiger partial charge on any atom is 0.174 e. The van der Waals surface area contributed by atoms with Crippen LogP contribution >= 0.6 is 34.1 Å². The van der Waals surface area contributed by atoms with Gasteiger partial charge in [0.2, 0.25) is 0 Å². The average molecular weight is 318 g/mol. The summed E-state index contributed by atoms with van der Waals surface area (Å²) < 4.78 is 10.2. The number of halogens is 1. The number of methoxy groups -OCH3 is 1. The van der Waals surface area contributed by atoms with Crippen molar-refractivity contribution in [1.82, 2.24) is 9.36 Å². The minimum atomic E-state index is 0.780. The van der Waals surface area contributed by atoms with Gasteiger partial charge in [-0.1, -0.05) is 0 Å². The molecular formula is C9H7IN2OS. The third-order valence-corrected chi connectivity index (χ3v) is 3.09. The number of ether oxygens (including phenoxy) is 1. The van der Waals surface area contributed by atoms with Gasteiger partial charge in [0.1, 0.15) is 5.75 Å². The van der Waals surface area contributed by atoms with E-state index in [2.05, 4.69) is 31.9 Å². The smallest absolute Gasteiger partial charge is 0.174 e. The van der Waals surface area contributed by atoms with E-state index in [0.29, 0.717) is 0 Å². The van der Waals surface area contributed by atoms with Crippen LogP contribution in [0.25, 0.3) is 11.4 Å². The number of hydrogen-bond donors (Lipinski definition) is 0. The van der Waals surface area contributed by atoms with Crippen LogP contribution in [0, 0.1) is 3.01 Å². The van der Waals surface area contributed by atoms with Gasteiger partial charge in [-0.05, 0) is 58.4 Å². The number of nitrogens with zero attached hydrogens (tertiary/aromatic N) is 2. The second-order valence-corrected chi connectivity index (χ2v) is 5.11. The second kappa shape index (κ2) is 4.22. The molecule has 0 aliphatic rings. The number of rotatable bonds is 2. The molecule has 0 aliphatic heterocycles. The number of benzene rings is 1. The minimum Gasteiger partial charge on any atom is -0.497 e. The monoisotopic (exact) mass is 318 g/mol. The molecule has 1 heterocycles. The molecule has 72 valence electrons. The van der Waals surface area contributed by atoms with Crippen LogP contribution in [-0.2, 0) is 0 Å². The van der Waals surface area contributed by atoms with Crippen LogP contribution in [0.3, 0.4) is 0 Å². The van der Waals surface area contributed by atoms with Crippen LogP contribution in [0.5, 0.6) is 5.75 Å². The summed E-state index contributed by atoms with van der Waals surface area (Å²) in [6.07, 6.45) is 0. The van der Waals surface area contributed by atoms with Crippen LogP contribution < -0.4 is 4.74 Å². The van der Waals surface area contributed by atoms with E-state index in [1.807, 2.05) is 24.3 Å². The minimum absolute atomic E-state index is 0.780.